The highest BCUT2D eigenvalue weighted by atomic mass is 35.5. The van der Waals surface area contributed by atoms with E-state index < -0.39 is 61.1 Å². The van der Waals surface area contributed by atoms with Crippen molar-refractivity contribution in [3.63, 3.8) is 0 Å². The molecule has 0 spiro atoms. The molecule has 0 fully saturated rings. The Balaban J connectivity index is 2.13. The summed E-state index contributed by atoms with van der Waals surface area (Å²) in [4.78, 5) is 13.1. The zero-order valence-electron chi connectivity index (χ0n) is 17.3. The molecule has 3 aromatic rings. The van der Waals surface area contributed by atoms with Crippen LogP contribution in [-0.4, -0.2) is 26.6 Å². The Labute approximate surface area is 201 Å². The number of rotatable bonds is 5. The van der Waals surface area contributed by atoms with Crippen molar-refractivity contribution in [1.29, 1.82) is 4.78 Å². The predicted molar refractivity (Wildman–Crippen MR) is 118 cm³/mol. The van der Waals surface area contributed by atoms with Gasteiger partial charge in [0.1, 0.15) is 10.6 Å². The second-order valence-electron chi connectivity index (χ2n) is 6.95. The summed E-state index contributed by atoms with van der Waals surface area (Å²) in [7, 11) is -3.14. The molecule has 2 N–H and O–H groups in total. The second-order valence-corrected chi connectivity index (χ2v) is 9.90. The van der Waals surface area contributed by atoms with Gasteiger partial charge in [-0.3, -0.25) is 4.79 Å². The zero-order valence-corrected chi connectivity index (χ0v) is 19.6. The first-order valence-electron chi connectivity index (χ1n) is 9.11. The van der Waals surface area contributed by atoms with E-state index in [9.17, 15) is 26.6 Å². The van der Waals surface area contributed by atoms with Crippen LogP contribution in [0.5, 0.6) is 11.6 Å². The number of halogens is 6. The molecule has 0 bridgehead atoms. The molecule has 2 aromatic carbocycles. The summed E-state index contributed by atoms with van der Waals surface area (Å²) in [6.45, 7) is 0.967. The lowest BCUT2D eigenvalue weighted by atomic mass is 10.1. The van der Waals surface area contributed by atoms with Crippen molar-refractivity contribution in [1.82, 2.24) is 10.2 Å². The highest BCUT2D eigenvalue weighted by Gasteiger charge is 2.38. The fourth-order valence-corrected chi connectivity index (χ4v) is 3.85. The molecule has 1 aromatic heterocycles. The van der Waals surface area contributed by atoms with Crippen LogP contribution < -0.4 is 10.1 Å². The first kappa shape index (κ1) is 25.7. The quantitative estimate of drug-likeness (QED) is 0.292. The summed E-state index contributed by atoms with van der Waals surface area (Å²) in [5.74, 6) is -3.56. The van der Waals surface area contributed by atoms with E-state index >= 15 is 0 Å². The largest absolute Gasteiger partial charge is 0.435 e. The van der Waals surface area contributed by atoms with Crippen molar-refractivity contribution in [3.05, 3.63) is 69.1 Å². The number of ether oxygens (including phenoxy) is 1. The second kappa shape index (κ2) is 9.35. The highest BCUT2D eigenvalue weighted by Crippen LogP contribution is 2.39. The zero-order chi connectivity index (χ0) is 25.4. The van der Waals surface area contributed by atoms with Gasteiger partial charge in [-0.05, 0) is 42.8 Å². The predicted octanol–water partition coefficient (Wildman–Crippen LogP) is 6.33. The standard InChI is InChI=1S/C20H14Cl2F4N4O3S/c1-9-14(18(31)28-10-4-3-5-11(8-10)34(2,27)32)19(30-29-17(9)20(24,25)26)33-16-13(23)7-6-12(21)15(16)22/h3-8,27H,1-2H3,(H,28,31). The van der Waals surface area contributed by atoms with E-state index in [1.807, 2.05) is 0 Å². The minimum atomic E-state index is -4.96. The van der Waals surface area contributed by atoms with Gasteiger partial charge < -0.3 is 10.1 Å². The van der Waals surface area contributed by atoms with Crippen molar-refractivity contribution in [2.24, 2.45) is 0 Å². The number of amides is 1. The third-order valence-electron chi connectivity index (χ3n) is 4.42. The number of hydrogen-bond acceptors (Lipinski definition) is 6. The number of hydrogen-bond donors (Lipinski definition) is 2. The summed E-state index contributed by atoms with van der Waals surface area (Å²) >= 11 is 11.8. The first-order valence-corrected chi connectivity index (χ1v) is 11.8. The molecule has 34 heavy (non-hydrogen) atoms. The SMILES string of the molecule is Cc1c(C(F)(F)F)nnc(Oc2c(F)ccc(Cl)c2Cl)c1C(=O)Nc1cccc(S(C)(=N)=O)c1. The molecule has 0 saturated carbocycles. The maximum absolute atomic E-state index is 14.3. The molecule has 1 unspecified atom stereocenters. The molecular formula is C20H14Cl2F4N4O3S. The maximum Gasteiger partial charge on any atom is 0.435 e. The highest BCUT2D eigenvalue weighted by molar-refractivity contribution is 7.91. The number of nitrogens with one attached hydrogen (secondary N) is 2. The van der Waals surface area contributed by atoms with E-state index in [0.717, 1.165) is 25.3 Å². The third kappa shape index (κ3) is 5.40. The van der Waals surface area contributed by atoms with Gasteiger partial charge in [0.15, 0.2) is 17.3 Å². The maximum atomic E-state index is 14.3. The molecule has 0 saturated heterocycles. The molecule has 1 amide bonds. The molecule has 0 aliphatic rings. The Morgan fingerprint density at radius 2 is 1.85 bits per heavy atom. The van der Waals surface area contributed by atoms with Crippen molar-refractivity contribution in [2.45, 2.75) is 18.0 Å². The van der Waals surface area contributed by atoms with Crippen LogP contribution in [-0.2, 0) is 15.9 Å². The normalized spacial score (nSPS) is 13.3. The Hall–Kier alpha value is -2.96. The molecule has 1 atom stereocenters. The molecule has 1 heterocycles. The van der Waals surface area contributed by atoms with Crippen molar-refractivity contribution < 1.29 is 31.3 Å². The van der Waals surface area contributed by atoms with E-state index in [1.165, 1.54) is 24.3 Å². The van der Waals surface area contributed by atoms with Crippen LogP contribution in [0.4, 0.5) is 23.2 Å². The molecule has 3 rings (SSSR count). The minimum Gasteiger partial charge on any atom is -0.432 e. The van der Waals surface area contributed by atoms with Crippen LogP contribution in [0.2, 0.25) is 10.0 Å². The Kier molecular flexibility index (Phi) is 7.06. The number of carbonyl (C=O) groups excluding carboxylic acids is 1. The van der Waals surface area contributed by atoms with Crippen LogP contribution >= 0.6 is 23.2 Å². The van der Waals surface area contributed by atoms with E-state index in [0.29, 0.717) is 0 Å². The molecule has 180 valence electrons. The average molecular weight is 537 g/mol. The van der Waals surface area contributed by atoms with Crippen molar-refractivity contribution in [2.75, 3.05) is 11.6 Å². The first-order chi connectivity index (χ1) is 15.7. The molecule has 7 nitrogen and oxygen atoms in total. The van der Waals surface area contributed by atoms with Gasteiger partial charge in [-0.15, -0.1) is 10.2 Å². The Morgan fingerprint density at radius 3 is 2.47 bits per heavy atom. The van der Waals surface area contributed by atoms with Gasteiger partial charge >= 0.3 is 6.18 Å². The van der Waals surface area contributed by atoms with E-state index in [-0.39, 0.29) is 15.6 Å². The van der Waals surface area contributed by atoms with Crippen LogP contribution in [0, 0.1) is 17.5 Å². The van der Waals surface area contributed by atoms with Gasteiger partial charge in [0, 0.05) is 16.8 Å². The summed E-state index contributed by atoms with van der Waals surface area (Å²) in [6.07, 6.45) is -3.79. The van der Waals surface area contributed by atoms with Gasteiger partial charge in [0.25, 0.3) is 11.8 Å². The lowest BCUT2D eigenvalue weighted by Gasteiger charge is -2.17. The van der Waals surface area contributed by atoms with Crippen LogP contribution in [0.25, 0.3) is 0 Å². The number of nitrogens with zero attached hydrogens (tertiary/aromatic N) is 2. The topological polar surface area (TPSA) is 105 Å². The van der Waals surface area contributed by atoms with Gasteiger partial charge in [-0.2, -0.15) is 13.2 Å². The van der Waals surface area contributed by atoms with Gasteiger partial charge in [-0.25, -0.2) is 13.4 Å². The van der Waals surface area contributed by atoms with Crippen LogP contribution in [0.1, 0.15) is 21.6 Å². The average Bonchev–Trinajstić information content (AvgIpc) is 2.72. The molecule has 0 aliphatic carbocycles. The number of carbonyl (C=O) groups is 1. The number of benzene rings is 2. The Morgan fingerprint density at radius 1 is 1.18 bits per heavy atom. The van der Waals surface area contributed by atoms with E-state index in [1.54, 1.807) is 0 Å². The number of alkyl halides is 3. The van der Waals surface area contributed by atoms with Gasteiger partial charge in [0.05, 0.1) is 14.8 Å². The van der Waals surface area contributed by atoms with E-state index in [4.69, 9.17) is 32.7 Å². The summed E-state index contributed by atoms with van der Waals surface area (Å²) in [6, 6.07) is 7.44. The fraction of sp³-hybridized carbons (Fsp3) is 0.150. The molecule has 0 radical (unpaired) electrons. The van der Waals surface area contributed by atoms with Crippen molar-refractivity contribution in [3.8, 4) is 11.6 Å². The summed E-state index contributed by atoms with van der Waals surface area (Å²) in [5.41, 5.74) is -2.78. The molecule has 0 aliphatic heterocycles. The number of aromatic nitrogens is 2. The molecule has 14 heteroatoms. The lowest BCUT2D eigenvalue weighted by Crippen LogP contribution is -2.21. The fourth-order valence-electron chi connectivity index (χ4n) is 2.82. The minimum absolute atomic E-state index is 0.0343. The van der Waals surface area contributed by atoms with Gasteiger partial charge in [0.2, 0.25) is 0 Å². The Bertz CT molecular complexity index is 1400. The summed E-state index contributed by atoms with van der Waals surface area (Å²) < 4.78 is 79.4. The third-order valence-corrected chi connectivity index (χ3v) is 6.36. The summed E-state index contributed by atoms with van der Waals surface area (Å²) in [5, 5.41) is 8.25. The van der Waals surface area contributed by atoms with E-state index in [2.05, 4.69) is 15.5 Å². The smallest absolute Gasteiger partial charge is 0.432 e. The lowest BCUT2D eigenvalue weighted by molar-refractivity contribution is -0.142. The van der Waals surface area contributed by atoms with Crippen LogP contribution in [0.15, 0.2) is 41.3 Å². The monoisotopic (exact) mass is 536 g/mol. The number of anilines is 1. The van der Waals surface area contributed by atoms with Crippen LogP contribution in [0.3, 0.4) is 0 Å². The molecular weight excluding hydrogens is 523 g/mol. The van der Waals surface area contributed by atoms with Gasteiger partial charge in [-0.1, -0.05) is 29.3 Å². The van der Waals surface area contributed by atoms with Crippen molar-refractivity contribution >= 4 is 44.5 Å².